The van der Waals surface area contributed by atoms with Gasteiger partial charge >= 0.3 is 0 Å². The summed E-state index contributed by atoms with van der Waals surface area (Å²) in [6, 6.07) is 0. The number of rotatable bonds is 3. The van der Waals surface area contributed by atoms with Crippen molar-refractivity contribution < 1.29 is 4.74 Å². The van der Waals surface area contributed by atoms with Gasteiger partial charge in [0, 0.05) is 18.4 Å². The molecule has 9 heavy (non-hydrogen) atoms. The maximum absolute atomic E-state index is 5.75. The van der Waals surface area contributed by atoms with Crippen molar-refractivity contribution in [2.24, 2.45) is 11.3 Å². The standard InChI is InChI=1S/C7H13ClO/c1-6-3-7(6,4-8)5-9-2/h6H,3-5H2,1-2H3. The second-order valence-electron chi connectivity index (χ2n) is 3.03. The Balaban J connectivity index is 2.33. The van der Waals surface area contributed by atoms with Gasteiger partial charge in [0.1, 0.15) is 0 Å². The van der Waals surface area contributed by atoms with E-state index in [9.17, 15) is 0 Å². The SMILES string of the molecule is COCC1(CCl)CC1C. The van der Waals surface area contributed by atoms with Crippen molar-refractivity contribution in [2.45, 2.75) is 13.3 Å². The molecule has 1 rings (SSSR count). The number of halogens is 1. The molecular weight excluding hydrogens is 136 g/mol. The lowest BCUT2D eigenvalue weighted by Gasteiger charge is -2.09. The zero-order chi connectivity index (χ0) is 6.91. The molecule has 1 aliphatic carbocycles. The summed E-state index contributed by atoms with van der Waals surface area (Å²) in [6.07, 6.45) is 1.24. The number of hydrogen-bond acceptors (Lipinski definition) is 1. The second-order valence-corrected chi connectivity index (χ2v) is 3.30. The van der Waals surface area contributed by atoms with Crippen molar-refractivity contribution in [3.8, 4) is 0 Å². The van der Waals surface area contributed by atoms with Crippen LogP contribution < -0.4 is 0 Å². The van der Waals surface area contributed by atoms with Gasteiger partial charge in [0.15, 0.2) is 0 Å². The summed E-state index contributed by atoms with van der Waals surface area (Å²) in [7, 11) is 1.74. The van der Waals surface area contributed by atoms with E-state index in [1.807, 2.05) is 0 Å². The molecule has 2 atom stereocenters. The van der Waals surface area contributed by atoms with Gasteiger partial charge in [-0.15, -0.1) is 11.6 Å². The summed E-state index contributed by atoms with van der Waals surface area (Å²) in [6.45, 7) is 3.05. The van der Waals surface area contributed by atoms with E-state index in [1.54, 1.807) is 7.11 Å². The third kappa shape index (κ3) is 1.22. The molecule has 0 radical (unpaired) electrons. The first-order valence-corrected chi connectivity index (χ1v) is 3.83. The van der Waals surface area contributed by atoms with E-state index in [-0.39, 0.29) is 0 Å². The second kappa shape index (κ2) is 2.47. The maximum Gasteiger partial charge on any atom is 0.0532 e. The topological polar surface area (TPSA) is 9.23 Å². The average molecular weight is 149 g/mol. The van der Waals surface area contributed by atoms with Crippen molar-refractivity contribution in [2.75, 3.05) is 19.6 Å². The van der Waals surface area contributed by atoms with Gasteiger partial charge in [-0.25, -0.2) is 0 Å². The minimum Gasteiger partial charge on any atom is -0.384 e. The van der Waals surface area contributed by atoms with Crippen LogP contribution in [-0.2, 0) is 4.74 Å². The van der Waals surface area contributed by atoms with Crippen LogP contribution in [0, 0.1) is 11.3 Å². The molecule has 0 saturated heterocycles. The largest absolute Gasteiger partial charge is 0.384 e. The van der Waals surface area contributed by atoms with E-state index >= 15 is 0 Å². The first-order chi connectivity index (χ1) is 4.25. The third-order valence-corrected chi connectivity index (χ3v) is 2.83. The molecule has 2 heteroatoms. The number of alkyl halides is 1. The first-order valence-electron chi connectivity index (χ1n) is 3.30. The Bertz CT molecular complexity index is 101. The van der Waals surface area contributed by atoms with Gasteiger partial charge < -0.3 is 4.74 Å². The highest BCUT2D eigenvalue weighted by atomic mass is 35.5. The van der Waals surface area contributed by atoms with E-state index in [4.69, 9.17) is 16.3 Å². The van der Waals surface area contributed by atoms with Gasteiger partial charge in [0.25, 0.3) is 0 Å². The lowest BCUT2D eigenvalue weighted by atomic mass is 10.1. The normalized spacial score (nSPS) is 41.0. The lowest BCUT2D eigenvalue weighted by Crippen LogP contribution is -2.12. The summed E-state index contributed by atoms with van der Waals surface area (Å²) in [5.41, 5.74) is 0.344. The monoisotopic (exact) mass is 148 g/mol. The average Bonchev–Trinajstić information content (AvgIpc) is 2.45. The molecule has 0 bridgehead atoms. The van der Waals surface area contributed by atoms with Gasteiger partial charge in [-0.1, -0.05) is 6.92 Å². The highest BCUT2D eigenvalue weighted by molar-refractivity contribution is 6.18. The van der Waals surface area contributed by atoms with Crippen LogP contribution in [0.4, 0.5) is 0 Å². The van der Waals surface area contributed by atoms with Crippen LogP contribution in [0.1, 0.15) is 13.3 Å². The van der Waals surface area contributed by atoms with Crippen molar-refractivity contribution >= 4 is 11.6 Å². The van der Waals surface area contributed by atoms with Crippen LogP contribution in [0.25, 0.3) is 0 Å². The molecule has 0 heterocycles. The molecule has 1 fully saturated rings. The van der Waals surface area contributed by atoms with Gasteiger partial charge in [-0.2, -0.15) is 0 Å². The number of methoxy groups -OCH3 is 1. The van der Waals surface area contributed by atoms with Crippen LogP contribution in [-0.4, -0.2) is 19.6 Å². The summed E-state index contributed by atoms with van der Waals surface area (Å²) < 4.78 is 5.05. The molecule has 1 saturated carbocycles. The highest BCUT2D eigenvalue weighted by Gasteiger charge is 2.50. The quantitative estimate of drug-likeness (QED) is 0.556. The smallest absolute Gasteiger partial charge is 0.0532 e. The minimum absolute atomic E-state index is 0.344. The summed E-state index contributed by atoms with van der Waals surface area (Å²) in [4.78, 5) is 0. The molecule has 0 spiro atoms. The van der Waals surface area contributed by atoms with Gasteiger partial charge in [-0.3, -0.25) is 0 Å². The molecule has 1 nitrogen and oxygen atoms in total. The molecular formula is C7H13ClO. The Morgan fingerprint density at radius 1 is 1.78 bits per heavy atom. The van der Waals surface area contributed by atoms with E-state index < -0.39 is 0 Å². The Labute approximate surface area is 61.3 Å². The molecule has 54 valence electrons. The van der Waals surface area contributed by atoms with E-state index in [0.717, 1.165) is 18.4 Å². The third-order valence-electron chi connectivity index (χ3n) is 2.30. The van der Waals surface area contributed by atoms with Crippen molar-refractivity contribution in [3.63, 3.8) is 0 Å². The predicted molar refractivity (Wildman–Crippen MR) is 38.8 cm³/mol. The van der Waals surface area contributed by atoms with Crippen LogP contribution in [0.2, 0.25) is 0 Å². The first kappa shape index (κ1) is 7.36. The zero-order valence-corrected chi connectivity index (χ0v) is 6.74. The fourth-order valence-corrected chi connectivity index (χ4v) is 1.71. The molecule has 0 aromatic heterocycles. The molecule has 2 unspecified atom stereocenters. The van der Waals surface area contributed by atoms with Gasteiger partial charge in [0.2, 0.25) is 0 Å². The molecule has 0 aromatic rings. The Morgan fingerprint density at radius 2 is 2.33 bits per heavy atom. The summed E-state index contributed by atoms with van der Waals surface area (Å²) in [5, 5.41) is 0. The fourth-order valence-electron chi connectivity index (χ4n) is 1.26. The number of hydrogen-bond donors (Lipinski definition) is 0. The van der Waals surface area contributed by atoms with Crippen molar-refractivity contribution in [1.29, 1.82) is 0 Å². The maximum atomic E-state index is 5.75. The molecule has 0 amide bonds. The number of ether oxygens (including phenoxy) is 1. The van der Waals surface area contributed by atoms with Crippen LogP contribution >= 0.6 is 11.6 Å². The Morgan fingerprint density at radius 3 is 2.44 bits per heavy atom. The minimum atomic E-state index is 0.344. The molecule has 1 aliphatic rings. The van der Waals surface area contributed by atoms with E-state index in [1.165, 1.54) is 6.42 Å². The van der Waals surface area contributed by atoms with Gasteiger partial charge in [-0.05, 0) is 12.3 Å². The summed E-state index contributed by atoms with van der Waals surface area (Å²) in [5.74, 6) is 1.53. The Hall–Kier alpha value is 0.250. The lowest BCUT2D eigenvalue weighted by molar-refractivity contribution is 0.144. The van der Waals surface area contributed by atoms with E-state index in [0.29, 0.717) is 5.41 Å². The fraction of sp³-hybridized carbons (Fsp3) is 1.00. The molecule has 0 N–H and O–H groups in total. The zero-order valence-electron chi connectivity index (χ0n) is 5.98. The van der Waals surface area contributed by atoms with Crippen LogP contribution in [0.5, 0.6) is 0 Å². The summed E-state index contributed by atoms with van der Waals surface area (Å²) >= 11 is 5.75. The van der Waals surface area contributed by atoms with Crippen molar-refractivity contribution in [1.82, 2.24) is 0 Å². The van der Waals surface area contributed by atoms with Gasteiger partial charge in [0.05, 0.1) is 6.61 Å². The van der Waals surface area contributed by atoms with Crippen LogP contribution in [0.15, 0.2) is 0 Å². The predicted octanol–water partition coefficient (Wildman–Crippen LogP) is 1.90. The van der Waals surface area contributed by atoms with E-state index in [2.05, 4.69) is 6.92 Å². The Kier molecular flexibility index (Phi) is 2.02. The molecule has 0 aromatic carbocycles. The van der Waals surface area contributed by atoms with Crippen LogP contribution in [0.3, 0.4) is 0 Å². The highest BCUT2D eigenvalue weighted by Crippen LogP contribution is 2.52. The molecule has 0 aliphatic heterocycles. The van der Waals surface area contributed by atoms with Crippen molar-refractivity contribution in [3.05, 3.63) is 0 Å².